The van der Waals surface area contributed by atoms with Crippen LogP contribution in [-0.2, 0) is 62.4 Å². The number of carbonyl (C=O) groups is 9. The molecule has 0 spiro atoms. The number of benzene rings is 3. The highest BCUT2D eigenvalue weighted by Gasteiger charge is 2.39. The molecule has 19 heteroatoms. The monoisotopic (exact) mass is 951 g/mol. The van der Waals surface area contributed by atoms with Crippen LogP contribution < -0.4 is 31.9 Å². The Balaban J connectivity index is 1.35. The number of amides is 6. The first-order chi connectivity index (χ1) is 32.8. The fourth-order valence-electron chi connectivity index (χ4n) is 8.66. The molecule has 0 fully saturated rings. The zero-order valence-corrected chi connectivity index (χ0v) is 39.2. The van der Waals surface area contributed by atoms with Crippen LogP contribution in [0.15, 0.2) is 79.0 Å². The zero-order chi connectivity index (χ0) is 50.5. The summed E-state index contributed by atoms with van der Waals surface area (Å²) in [5.74, 6) is -11.6. The van der Waals surface area contributed by atoms with E-state index in [9.17, 15) is 58.5 Å². The molecule has 368 valence electrons. The molecule has 0 bridgehead atoms. The van der Waals surface area contributed by atoms with Crippen molar-refractivity contribution in [1.82, 2.24) is 36.9 Å². The molecule has 0 unspecified atom stereocenters. The predicted octanol–water partition coefficient (Wildman–Crippen LogP) is 2.70. The van der Waals surface area contributed by atoms with Crippen LogP contribution in [0.4, 0.5) is 0 Å². The van der Waals surface area contributed by atoms with E-state index in [4.69, 9.17) is 0 Å². The van der Waals surface area contributed by atoms with Crippen molar-refractivity contribution in [3.05, 3.63) is 107 Å². The van der Waals surface area contributed by atoms with Crippen LogP contribution >= 0.6 is 0 Å². The SMILES string of the molecule is CC[C@H](C)[C@H](NC(=O)[C@H](CC(=O)O)NC(=O)[C@H](CC(=O)O)NC(=O)[C@H](CC(C)C)NC(=O)[C@H](NC(C)=O)C1c2ccccc2CCc2ccccc21)C(=O)N[C@@H](Cc1c[nH]c2ccccc12)C(=O)O. The van der Waals surface area contributed by atoms with E-state index >= 15 is 0 Å². The number of aromatic nitrogens is 1. The van der Waals surface area contributed by atoms with Crippen LogP contribution in [0.5, 0.6) is 0 Å². The van der Waals surface area contributed by atoms with Gasteiger partial charge in [-0.05, 0) is 65.0 Å². The summed E-state index contributed by atoms with van der Waals surface area (Å²) in [6, 6.07) is 13.0. The molecular formula is C50H61N7O12. The second kappa shape index (κ2) is 23.9. The van der Waals surface area contributed by atoms with Gasteiger partial charge in [0.2, 0.25) is 35.4 Å². The lowest BCUT2D eigenvalue weighted by Crippen LogP contribution is -2.61. The van der Waals surface area contributed by atoms with Crippen LogP contribution in [0.3, 0.4) is 0 Å². The normalized spacial score (nSPS) is 15.3. The van der Waals surface area contributed by atoms with Crippen LogP contribution in [0.25, 0.3) is 10.9 Å². The molecule has 5 rings (SSSR count). The quantitative estimate of drug-likeness (QED) is 0.0514. The van der Waals surface area contributed by atoms with Gasteiger partial charge < -0.3 is 52.2 Å². The van der Waals surface area contributed by atoms with Crippen molar-refractivity contribution in [2.45, 2.75) is 122 Å². The van der Waals surface area contributed by atoms with Gasteiger partial charge in [-0.3, -0.25) is 38.4 Å². The molecule has 6 amide bonds. The Morgan fingerprint density at radius 1 is 0.609 bits per heavy atom. The molecule has 0 aliphatic heterocycles. The Labute approximate surface area is 399 Å². The van der Waals surface area contributed by atoms with E-state index in [1.165, 1.54) is 6.92 Å². The third kappa shape index (κ3) is 14.0. The molecule has 3 aromatic carbocycles. The molecule has 1 aromatic heterocycles. The largest absolute Gasteiger partial charge is 0.481 e. The maximum absolute atomic E-state index is 14.5. The van der Waals surface area contributed by atoms with E-state index in [2.05, 4.69) is 36.9 Å². The number of aryl methyl sites for hydroxylation is 2. The topological polar surface area (TPSA) is 302 Å². The number of aliphatic carboxylic acids is 3. The summed E-state index contributed by atoms with van der Waals surface area (Å²) in [6.07, 6.45) is 1.07. The number of fused-ring (bicyclic) bond motifs is 3. The van der Waals surface area contributed by atoms with Gasteiger partial charge in [-0.1, -0.05) is 101 Å². The number of nitrogens with one attached hydrogen (secondary N) is 7. The van der Waals surface area contributed by atoms with Crippen molar-refractivity contribution in [2.24, 2.45) is 11.8 Å². The Morgan fingerprint density at radius 2 is 1.10 bits per heavy atom. The van der Waals surface area contributed by atoms with Gasteiger partial charge in [-0.2, -0.15) is 0 Å². The zero-order valence-electron chi connectivity index (χ0n) is 39.2. The van der Waals surface area contributed by atoms with Gasteiger partial charge in [0.05, 0.1) is 12.8 Å². The van der Waals surface area contributed by atoms with Gasteiger partial charge in [0.1, 0.15) is 36.3 Å². The Hall–Kier alpha value is -7.57. The predicted molar refractivity (Wildman–Crippen MR) is 252 cm³/mol. The first kappa shape index (κ1) is 52.4. The fourth-order valence-corrected chi connectivity index (χ4v) is 8.66. The van der Waals surface area contributed by atoms with Crippen molar-refractivity contribution in [3.8, 4) is 0 Å². The van der Waals surface area contributed by atoms with Gasteiger partial charge in [0, 0.05) is 36.4 Å². The number of carbonyl (C=O) groups excluding carboxylic acids is 6. The van der Waals surface area contributed by atoms with Crippen LogP contribution in [0.2, 0.25) is 0 Å². The van der Waals surface area contributed by atoms with Crippen molar-refractivity contribution in [2.75, 3.05) is 0 Å². The molecule has 69 heavy (non-hydrogen) atoms. The molecule has 4 aromatic rings. The third-order valence-electron chi connectivity index (χ3n) is 12.3. The summed E-state index contributed by atoms with van der Waals surface area (Å²) >= 11 is 0. The van der Waals surface area contributed by atoms with Gasteiger partial charge >= 0.3 is 17.9 Å². The molecular weight excluding hydrogens is 891 g/mol. The summed E-state index contributed by atoms with van der Waals surface area (Å²) in [6.45, 7) is 8.11. The third-order valence-corrected chi connectivity index (χ3v) is 12.3. The molecule has 1 aliphatic carbocycles. The lowest BCUT2D eigenvalue weighted by atomic mass is 9.82. The first-order valence-electron chi connectivity index (χ1n) is 22.9. The minimum atomic E-state index is -1.92. The molecule has 0 radical (unpaired) electrons. The van der Waals surface area contributed by atoms with Crippen LogP contribution in [0, 0.1) is 11.8 Å². The average Bonchev–Trinajstić information content (AvgIpc) is 3.62. The number of hydrogen-bond donors (Lipinski definition) is 10. The molecule has 0 saturated carbocycles. The van der Waals surface area contributed by atoms with Crippen LogP contribution in [-0.4, -0.2) is 110 Å². The van der Waals surface area contributed by atoms with Gasteiger partial charge in [0.15, 0.2) is 0 Å². The molecule has 1 aliphatic rings. The summed E-state index contributed by atoms with van der Waals surface area (Å²) in [4.78, 5) is 123. The van der Waals surface area contributed by atoms with Crippen molar-refractivity contribution in [1.29, 1.82) is 0 Å². The summed E-state index contributed by atoms with van der Waals surface area (Å²) in [7, 11) is 0. The van der Waals surface area contributed by atoms with E-state index in [-0.39, 0.29) is 18.8 Å². The molecule has 0 saturated heterocycles. The van der Waals surface area contributed by atoms with Crippen molar-refractivity contribution >= 4 is 64.3 Å². The Bertz CT molecular complexity index is 2510. The smallest absolute Gasteiger partial charge is 0.326 e. The van der Waals surface area contributed by atoms with Crippen molar-refractivity contribution < 1.29 is 58.5 Å². The standard InChI is InChI=1S/C50H61N7O12/c1-6-27(4)43(48(66)56-39(50(68)69)22-31-25-51-35-18-12-11-15-32(31)35)57-47(65)38(24-41(61)62)54-46(64)37(23-40(59)60)53-45(63)36(21-26(2)3)55-49(67)44(52-28(5)58)42-33-16-9-7-13-29(33)19-20-30-14-8-10-17-34(30)42/h7-18,25-27,36-39,42-44,51H,6,19-24H2,1-5H3,(H,52,58)(H,53,63)(H,54,64)(H,55,67)(H,56,66)(H,57,65)(H,59,60)(H,61,62)(H,68,69)/t27-,36-,37-,38-,39-,43-,44+/m0/s1. The lowest BCUT2D eigenvalue weighted by molar-refractivity contribution is -0.144. The van der Waals surface area contributed by atoms with Crippen molar-refractivity contribution in [3.63, 3.8) is 0 Å². The number of rotatable bonds is 23. The number of H-pyrrole nitrogens is 1. The second-order valence-corrected chi connectivity index (χ2v) is 17.9. The van der Waals surface area contributed by atoms with E-state index in [0.717, 1.165) is 33.2 Å². The minimum absolute atomic E-state index is 0.00274. The Kier molecular flexibility index (Phi) is 18.2. The van der Waals surface area contributed by atoms with Gasteiger partial charge in [-0.15, -0.1) is 0 Å². The van der Waals surface area contributed by atoms with E-state index < -0.39 is 114 Å². The number of hydrogen-bond acceptors (Lipinski definition) is 9. The number of carboxylic acids is 3. The van der Waals surface area contributed by atoms with Crippen LogP contribution in [0.1, 0.15) is 94.0 Å². The number of para-hydroxylation sites is 1. The van der Waals surface area contributed by atoms with Gasteiger partial charge in [0.25, 0.3) is 0 Å². The fraction of sp³-hybridized carbons (Fsp3) is 0.420. The first-order valence-corrected chi connectivity index (χ1v) is 22.9. The minimum Gasteiger partial charge on any atom is -0.481 e. The maximum Gasteiger partial charge on any atom is 0.326 e. The molecule has 1 heterocycles. The highest BCUT2D eigenvalue weighted by molar-refractivity contribution is 5.99. The maximum atomic E-state index is 14.5. The molecule has 10 N–H and O–H groups in total. The number of aromatic amines is 1. The molecule has 19 nitrogen and oxygen atoms in total. The second-order valence-electron chi connectivity index (χ2n) is 17.9. The average molecular weight is 952 g/mol. The highest BCUT2D eigenvalue weighted by Crippen LogP contribution is 2.37. The van der Waals surface area contributed by atoms with E-state index in [1.54, 1.807) is 58.2 Å². The van der Waals surface area contributed by atoms with E-state index in [1.807, 2.05) is 48.5 Å². The summed E-state index contributed by atoms with van der Waals surface area (Å²) in [5.41, 5.74) is 4.91. The lowest BCUT2D eigenvalue weighted by Gasteiger charge is -2.31. The summed E-state index contributed by atoms with van der Waals surface area (Å²) < 4.78 is 0. The van der Waals surface area contributed by atoms with E-state index in [0.29, 0.717) is 24.8 Å². The summed E-state index contributed by atoms with van der Waals surface area (Å²) in [5, 5.41) is 45.5. The molecule has 7 atom stereocenters. The Morgan fingerprint density at radius 3 is 1.62 bits per heavy atom. The number of carboxylic acid groups (broad SMARTS) is 3. The highest BCUT2D eigenvalue weighted by atomic mass is 16.4. The van der Waals surface area contributed by atoms with Gasteiger partial charge in [-0.25, -0.2) is 4.79 Å².